The number of hydrogen-bond acceptors (Lipinski definition) is 3. The molecule has 2 bridgehead atoms. The zero-order valence-electron chi connectivity index (χ0n) is 12.9. The average molecular weight is 335 g/mol. The lowest BCUT2D eigenvalue weighted by Crippen LogP contribution is -2.69. The van der Waals surface area contributed by atoms with Crippen molar-refractivity contribution in [3.05, 3.63) is 28.8 Å². The average Bonchev–Trinajstić information content (AvgIpc) is 2.47. The van der Waals surface area contributed by atoms with E-state index in [1.54, 1.807) is 12.1 Å². The summed E-state index contributed by atoms with van der Waals surface area (Å²) in [4.78, 5) is 24.2. The van der Waals surface area contributed by atoms with E-state index in [0.29, 0.717) is 23.4 Å². The molecule has 23 heavy (non-hydrogen) atoms. The molecule has 3 fully saturated rings. The van der Waals surface area contributed by atoms with Gasteiger partial charge in [0.15, 0.2) is 0 Å². The molecule has 0 unspecified atom stereocenters. The van der Waals surface area contributed by atoms with E-state index in [2.05, 4.69) is 10.6 Å². The summed E-state index contributed by atoms with van der Waals surface area (Å²) in [7, 11) is 0. The number of anilines is 1. The number of benzene rings is 1. The van der Waals surface area contributed by atoms with E-state index >= 15 is 0 Å². The molecule has 122 valence electrons. The van der Waals surface area contributed by atoms with Gasteiger partial charge in [0, 0.05) is 16.6 Å². The Morgan fingerprint density at radius 1 is 1.39 bits per heavy atom. The third-order valence-corrected chi connectivity index (χ3v) is 6.26. The Bertz CT molecular complexity index is 722. The van der Waals surface area contributed by atoms with Crippen LogP contribution in [0.3, 0.4) is 0 Å². The van der Waals surface area contributed by atoms with Gasteiger partial charge in [0.2, 0.25) is 0 Å². The third-order valence-electron chi connectivity index (χ3n) is 6.02. The van der Waals surface area contributed by atoms with Crippen LogP contribution in [0.5, 0.6) is 0 Å². The highest BCUT2D eigenvalue weighted by Gasteiger charge is 2.60. The minimum absolute atomic E-state index is 0.123. The fourth-order valence-corrected chi connectivity index (χ4v) is 5.02. The van der Waals surface area contributed by atoms with Gasteiger partial charge in [0.05, 0.1) is 11.5 Å². The minimum atomic E-state index is -0.721. The molecule has 1 aliphatic heterocycles. The minimum Gasteiger partial charge on any atom is -0.481 e. The van der Waals surface area contributed by atoms with E-state index in [1.165, 1.54) is 0 Å². The maximum Gasteiger partial charge on any atom is 0.307 e. The number of carboxylic acids is 1. The largest absolute Gasteiger partial charge is 0.481 e. The Morgan fingerprint density at radius 3 is 2.87 bits per heavy atom. The summed E-state index contributed by atoms with van der Waals surface area (Å²) in [6.45, 7) is 2.04. The lowest BCUT2D eigenvalue weighted by molar-refractivity contribution is -0.156. The summed E-state index contributed by atoms with van der Waals surface area (Å²) >= 11 is 5.99. The van der Waals surface area contributed by atoms with E-state index < -0.39 is 11.6 Å². The van der Waals surface area contributed by atoms with Crippen molar-refractivity contribution in [2.45, 2.75) is 38.3 Å². The van der Waals surface area contributed by atoms with E-state index in [-0.39, 0.29) is 23.2 Å². The number of nitrogens with one attached hydrogen (secondary N) is 2. The first-order chi connectivity index (χ1) is 10.8. The Morgan fingerprint density at radius 2 is 2.17 bits per heavy atom. The van der Waals surface area contributed by atoms with Gasteiger partial charge < -0.3 is 15.7 Å². The topological polar surface area (TPSA) is 78.4 Å². The second kappa shape index (κ2) is 4.63. The molecule has 4 atom stereocenters. The van der Waals surface area contributed by atoms with E-state index in [9.17, 15) is 14.7 Å². The van der Waals surface area contributed by atoms with Crippen molar-refractivity contribution in [2.75, 3.05) is 5.32 Å². The van der Waals surface area contributed by atoms with Gasteiger partial charge in [-0.05, 0) is 49.3 Å². The highest BCUT2D eigenvalue weighted by Crippen LogP contribution is 2.58. The molecule has 3 aliphatic carbocycles. The molecule has 1 aromatic rings. The fraction of sp³-hybridized carbons (Fsp3) is 0.529. The van der Waals surface area contributed by atoms with Crippen molar-refractivity contribution in [1.29, 1.82) is 0 Å². The number of rotatable bonds is 1. The molecule has 1 spiro atoms. The van der Waals surface area contributed by atoms with Crippen LogP contribution >= 0.6 is 11.6 Å². The summed E-state index contributed by atoms with van der Waals surface area (Å²) < 4.78 is 0. The predicted molar refractivity (Wildman–Crippen MR) is 86.5 cm³/mol. The molecule has 5 rings (SSSR count). The zero-order valence-corrected chi connectivity index (χ0v) is 13.6. The van der Waals surface area contributed by atoms with Crippen molar-refractivity contribution in [1.82, 2.24) is 5.32 Å². The molecule has 1 heterocycles. The number of hydrogen-bond donors (Lipinski definition) is 3. The Labute approximate surface area is 139 Å². The SMILES string of the molecule is C[C@@]12CC[C@@H](C[C@@H]1C(=O)O)[C@@]1(C2)NC(=O)c2cc(Cl)ccc2N1. The van der Waals surface area contributed by atoms with Gasteiger partial charge in [-0.25, -0.2) is 0 Å². The fourth-order valence-electron chi connectivity index (χ4n) is 4.85. The van der Waals surface area contributed by atoms with Crippen molar-refractivity contribution in [3.63, 3.8) is 0 Å². The van der Waals surface area contributed by atoms with Gasteiger partial charge in [-0.15, -0.1) is 0 Å². The number of carboxylic acid groups (broad SMARTS) is 1. The van der Waals surface area contributed by atoms with E-state index in [4.69, 9.17) is 11.6 Å². The number of aliphatic carboxylic acids is 1. The smallest absolute Gasteiger partial charge is 0.307 e. The van der Waals surface area contributed by atoms with Crippen LogP contribution in [0.4, 0.5) is 5.69 Å². The Kier molecular flexibility index (Phi) is 2.98. The maximum absolute atomic E-state index is 12.6. The maximum atomic E-state index is 12.6. The number of carbonyl (C=O) groups excluding carboxylic acids is 1. The lowest BCUT2D eigenvalue weighted by Gasteiger charge is -2.60. The van der Waals surface area contributed by atoms with Gasteiger partial charge in [-0.1, -0.05) is 18.5 Å². The third kappa shape index (κ3) is 2.06. The summed E-state index contributed by atoms with van der Waals surface area (Å²) in [5.41, 5.74) is 0.479. The number of amides is 1. The van der Waals surface area contributed by atoms with Crippen molar-refractivity contribution >= 4 is 29.2 Å². The van der Waals surface area contributed by atoms with E-state index in [0.717, 1.165) is 18.5 Å². The van der Waals surface area contributed by atoms with Gasteiger partial charge in [0.25, 0.3) is 5.91 Å². The Balaban J connectivity index is 1.73. The van der Waals surface area contributed by atoms with Crippen LogP contribution in [0.25, 0.3) is 0 Å². The van der Waals surface area contributed by atoms with Gasteiger partial charge >= 0.3 is 5.97 Å². The molecule has 5 nitrogen and oxygen atoms in total. The first kappa shape index (κ1) is 14.8. The standard InChI is InChI=1S/C17H19ClN2O3/c1-16-5-4-9(6-12(16)15(22)23)17(8-16)19-13-3-2-10(18)7-11(13)14(21)20-17/h2-3,7,9,12,19H,4-6,8H2,1H3,(H,20,21)(H,22,23)/t9-,12+,16-,17+/m0/s1. The van der Waals surface area contributed by atoms with Crippen LogP contribution in [-0.2, 0) is 4.79 Å². The van der Waals surface area contributed by atoms with Gasteiger partial charge in [-0.2, -0.15) is 0 Å². The normalized spacial score (nSPS) is 37.9. The molecule has 1 amide bonds. The molecule has 6 heteroatoms. The highest BCUT2D eigenvalue weighted by atomic mass is 35.5. The lowest BCUT2D eigenvalue weighted by atomic mass is 9.51. The molecule has 3 saturated carbocycles. The monoisotopic (exact) mass is 334 g/mol. The number of halogens is 1. The molecule has 3 N–H and O–H groups in total. The van der Waals surface area contributed by atoms with Gasteiger partial charge in [-0.3, -0.25) is 9.59 Å². The zero-order chi connectivity index (χ0) is 16.4. The summed E-state index contributed by atoms with van der Waals surface area (Å²) in [6, 6.07) is 5.26. The molecular formula is C17H19ClN2O3. The second-order valence-electron chi connectivity index (χ2n) is 7.43. The predicted octanol–water partition coefficient (Wildman–Crippen LogP) is 3.10. The highest BCUT2D eigenvalue weighted by molar-refractivity contribution is 6.31. The van der Waals surface area contributed by atoms with Crippen molar-refractivity contribution < 1.29 is 14.7 Å². The van der Waals surface area contributed by atoms with Crippen LogP contribution in [0.1, 0.15) is 43.0 Å². The first-order valence-electron chi connectivity index (χ1n) is 7.96. The van der Waals surface area contributed by atoms with Crippen molar-refractivity contribution in [3.8, 4) is 0 Å². The van der Waals surface area contributed by atoms with Crippen molar-refractivity contribution in [2.24, 2.45) is 17.3 Å². The summed E-state index contributed by atoms with van der Waals surface area (Å²) in [6.07, 6.45) is 3.05. The molecule has 4 aliphatic rings. The van der Waals surface area contributed by atoms with Crippen LogP contribution in [0, 0.1) is 17.3 Å². The molecule has 0 saturated heterocycles. The number of fused-ring (bicyclic) bond motifs is 3. The summed E-state index contributed by atoms with van der Waals surface area (Å²) in [5.74, 6) is -1.07. The molecule has 1 aromatic carbocycles. The van der Waals surface area contributed by atoms with Crippen LogP contribution in [-0.4, -0.2) is 22.6 Å². The Hall–Kier alpha value is -1.75. The molecular weight excluding hydrogens is 316 g/mol. The van der Waals surface area contributed by atoms with Crippen LogP contribution in [0.2, 0.25) is 5.02 Å². The van der Waals surface area contributed by atoms with Gasteiger partial charge in [0.1, 0.15) is 5.66 Å². The quantitative estimate of drug-likeness (QED) is 0.737. The van der Waals surface area contributed by atoms with Crippen LogP contribution in [0.15, 0.2) is 18.2 Å². The van der Waals surface area contributed by atoms with E-state index in [1.807, 2.05) is 13.0 Å². The first-order valence-corrected chi connectivity index (χ1v) is 8.34. The van der Waals surface area contributed by atoms with Crippen LogP contribution < -0.4 is 10.6 Å². The molecule has 0 radical (unpaired) electrons. The number of carbonyl (C=O) groups is 2. The summed E-state index contributed by atoms with van der Waals surface area (Å²) in [5, 5.41) is 16.7. The molecule has 0 aromatic heterocycles. The second-order valence-corrected chi connectivity index (χ2v) is 7.87.